The van der Waals surface area contributed by atoms with E-state index in [1.165, 1.54) is 82.7 Å². The molecule has 35 heavy (non-hydrogen) atoms. The van der Waals surface area contributed by atoms with Crippen LogP contribution in [0.4, 0.5) is 10.2 Å². The van der Waals surface area contributed by atoms with Gasteiger partial charge in [-0.2, -0.15) is 0 Å². The summed E-state index contributed by atoms with van der Waals surface area (Å²) in [4.78, 5) is 13.9. The van der Waals surface area contributed by atoms with Crippen LogP contribution in [0.3, 0.4) is 0 Å². The number of benzene rings is 1. The molecule has 1 aromatic carbocycles. The molecule has 0 radical (unpaired) electrons. The van der Waals surface area contributed by atoms with Crippen molar-refractivity contribution in [3.8, 4) is 17.0 Å². The fourth-order valence-corrected chi connectivity index (χ4v) is 6.70. The minimum atomic E-state index is -0.543. The van der Waals surface area contributed by atoms with Gasteiger partial charge in [0, 0.05) is 36.3 Å². The fraction of sp³-hybridized carbons (Fsp3) is 0.536. The van der Waals surface area contributed by atoms with E-state index >= 15 is 0 Å². The minimum Gasteiger partial charge on any atom is -0.507 e. The SMILES string of the molecule is CNC(=O)/C=C/c1cc(O)c(-c2ccc(N(C3CC3)C3C[C@]4(C)CCC[C@](C)(C3)C4)nn2)cc1F. The van der Waals surface area contributed by atoms with Crippen LogP contribution in [0.15, 0.2) is 30.3 Å². The predicted molar refractivity (Wildman–Crippen MR) is 135 cm³/mol. The van der Waals surface area contributed by atoms with E-state index in [9.17, 15) is 14.3 Å². The first kappa shape index (κ1) is 23.8. The Kier molecular flexibility index (Phi) is 6.06. The number of aromatic nitrogens is 2. The molecule has 2 N–H and O–H groups in total. The molecule has 7 heteroatoms. The van der Waals surface area contributed by atoms with E-state index in [0.29, 0.717) is 28.6 Å². The standard InChI is InChI=1S/C28H35FN4O2/c1-27-11-4-12-28(2,17-27)16-20(15-27)33(19-6-7-19)25-9-8-23(31-32-25)21-14-22(29)18(13-24(21)34)5-10-26(35)30-3/h5,8-10,13-14,19-20,34H,4,6-7,11-12,15-17H2,1-3H3,(H,30,35)/b10-5+/t20?,27-,28+. The molecule has 2 aromatic rings. The van der Waals surface area contributed by atoms with Crippen molar-refractivity contribution >= 4 is 17.8 Å². The number of nitrogens with one attached hydrogen (secondary N) is 1. The Morgan fingerprint density at radius 3 is 2.46 bits per heavy atom. The third-order valence-corrected chi connectivity index (χ3v) is 8.17. The van der Waals surface area contributed by atoms with Gasteiger partial charge in [-0.1, -0.05) is 20.3 Å². The zero-order chi connectivity index (χ0) is 24.8. The molecule has 3 atom stereocenters. The summed E-state index contributed by atoms with van der Waals surface area (Å²) >= 11 is 0. The van der Waals surface area contributed by atoms with Gasteiger partial charge in [0.25, 0.3) is 0 Å². The summed E-state index contributed by atoms with van der Waals surface area (Å²) in [5.74, 6) is -0.124. The molecule has 3 aliphatic carbocycles. The van der Waals surface area contributed by atoms with Crippen LogP contribution < -0.4 is 10.2 Å². The van der Waals surface area contributed by atoms with Crippen LogP contribution >= 0.6 is 0 Å². The van der Waals surface area contributed by atoms with E-state index in [0.717, 1.165) is 5.82 Å². The Hall–Kier alpha value is -2.96. The van der Waals surface area contributed by atoms with Crippen molar-refractivity contribution in [2.45, 2.75) is 77.3 Å². The van der Waals surface area contributed by atoms with Gasteiger partial charge in [0.05, 0.1) is 5.69 Å². The van der Waals surface area contributed by atoms with E-state index in [4.69, 9.17) is 0 Å². The molecule has 1 heterocycles. The Balaban J connectivity index is 1.40. The van der Waals surface area contributed by atoms with Crippen LogP contribution in [0.25, 0.3) is 17.3 Å². The van der Waals surface area contributed by atoms with Crippen molar-refractivity contribution < 1.29 is 14.3 Å². The molecule has 1 unspecified atom stereocenters. The topological polar surface area (TPSA) is 78.4 Å². The van der Waals surface area contributed by atoms with Crippen molar-refractivity contribution in [2.75, 3.05) is 11.9 Å². The van der Waals surface area contributed by atoms with Crippen molar-refractivity contribution in [2.24, 2.45) is 10.8 Å². The van der Waals surface area contributed by atoms with Crippen LogP contribution in [0.1, 0.15) is 70.8 Å². The smallest absolute Gasteiger partial charge is 0.243 e. The van der Waals surface area contributed by atoms with Crippen LogP contribution in [0.2, 0.25) is 0 Å². The zero-order valence-electron chi connectivity index (χ0n) is 20.9. The van der Waals surface area contributed by atoms with Crippen molar-refractivity contribution in [3.63, 3.8) is 0 Å². The summed E-state index contributed by atoms with van der Waals surface area (Å²) in [6.07, 6.45) is 12.6. The number of anilines is 1. The Bertz CT molecular complexity index is 1130. The van der Waals surface area contributed by atoms with E-state index in [2.05, 4.69) is 34.3 Å². The van der Waals surface area contributed by atoms with Gasteiger partial charge in [-0.3, -0.25) is 4.79 Å². The molecule has 3 fully saturated rings. The molecule has 3 saturated carbocycles. The van der Waals surface area contributed by atoms with E-state index in [-0.39, 0.29) is 22.8 Å². The number of carbonyl (C=O) groups excluding carboxylic acids is 1. The van der Waals surface area contributed by atoms with Gasteiger partial charge in [0.2, 0.25) is 5.91 Å². The van der Waals surface area contributed by atoms with Gasteiger partial charge in [-0.15, -0.1) is 10.2 Å². The number of carbonyl (C=O) groups is 1. The third kappa shape index (κ3) is 4.91. The van der Waals surface area contributed by atoms with Gasteiger partial charge in [-0.25, -0.2) is 4.39 Å². The summed E-state index contributed by atoms with van der Waals surface area (Å²) in [5, 5.41) is 22.0. The van der Waals surface area contributed by atoms with E-state index in [1.54, 1.807) is 0 Å². The molecule has 0 saturated heterocycles. The molecule has 1 aromatic heterocycles. The molecular weight excluding hydrogens is 443 g/mol. The summed E-state index contributed by atoms with van der Waals surface area (Å²) in [6.45, 7) is 4.92. The summed E-state index contributed by atoms with van der Waals surface area (Å²) in [7, 11) is 1.50. The van der Waals surface area contributed by atoms with Crippen LogP contribution in [-0.2, 0) is 4.79 Å². The average molecular weight is 479 g/mol. The summed E-state index contributed by atoms with van der Waals surface area (Å²) < 4.78 is 14.7. The fourth-order valence-electron chi connectivity index (χ4n) is 6.70. The normalized spacial score (nSPS) is 28.2. The number of fused-ring (bicyclic) bond motifs is 2. The lowest BCUT2D eigenvalue weighted by Crippen LogP contribution is -2.51. The maximum absolute atomic E-state index is 14.7. The van der Waals surface area contributed by atoms with Gasteiger partial charge in [0.15, 0.2) is 5.82 Å². The molecule has 5 rings (SSSR count). The lowest BCUT2D eigenvalue weighted by Gasteiger charge is -2.54. The molecule has 0 aliphatic heterocycles. The molecule has 0 spiro atoms. The molecular formula is C28H35FN4O2. The van der Waals surface area contributed by atoms with Crippen molar-refractivity contribution in [1.82, 2.24) is 15.5 Å². The highest BCUT2D eigenvalue weighted by atomic mass is 19.1. The monoisotopic (exact) mass is 478 g/mol. The minimum absolute atomic E-state index is 0.106. The second-order valence-corrected chi connectivity index (χ2v) is 11.5. The Morgan fingerprint density at radius 2 is 1.86 bits per heavy atom. The number of hydrogen-bond donors (Lipinski definition) is 2. The van der Waals surface area contributed by atoms with Crippen LogP contribution in [0.5, 0.6) is 5.75 Å². The molecule has 2 bridgehead atoms. The largest absolute Gasteiger partial charge is 0.507 e. The predicted octanol–water partition coefficient (Wildman–Crippen LogP) is 5.47. The van der Waals surface area contributed by atoms with E-state index < -0.39 is 5.82 Å². The maximum atomic E-state index is 14.7. The lowest BCUT2D eigenvalue weighted by molar-refractivity contribution is -0.115. The molecule has 1 amide bonds. The Labute approximate surface area is 206 Å². The van der Waals surface area contributed by atoms with Gasteiger partial charge < -0.3 is 15.3 Å². The second kappa shape index (κ2) is 8.92. The first-order chi connectivity index (χ1) is 16.7. The number of rotatable bonds is 6. The summed E-state index contributed by atoms with van der Waals surface area (Å²) in [6, 6.07) is 7.31. The number of aromatic hydroxyl groups is 1. The number of nitrogens with zero attached hydrogens (tertiary/aromatic N) is 3. The van der Waals surface area contributed by atoms with E-state index in [1.807, 2.05) is 12.1 Å². The van der Waals surface area contributed by atoms with Crippen LogP contribution in [-0.4, -0.2) is 40.3 Å². The maximum Gasteiger partial charge on any atom is 0.243 e. The van der Waals surface area contributed by atoms with Crippen molar-refractivity contribution in [3.05, 3.63) is 41.7 Å². The second-order valence-electron chi connectivity index (χ2n) is 11.5. The van der Waals surface area contributed by atoms with Crippen LogP contribution in [0, 0.1) is 16.6 Å². The average Bonchev–Trinajstić information content (AvgIpc) is 3.63. The number of phenolic OH excluding ortho intramolecular Hbond substituents is 1. The zero-order valence-corrected chi connectivity index (χ0v) is 20.9. The first-order valence-electron chi connectivity index (χ1n) is 12.7. The highest BCUT2D eigenvalue weighted by molar-refractivity contribution is 5.91. The highest BCUT2D eigenvalue weighted by Crippen LogP contribution is 2.57. The molecule has 186 valence electrons. The Morgan fingerprint density at radius 1 is 1.14 bits per heavy atom. The quantitative estimate of drug-likeness (QED) is 0.539. The third-order valence-electron chi connectivity index (χ3n) is 8.17. The van der Waals surface area contributed by atoms with Gasteiger partial charge >= 0.3 is 0 Å². The molecule has 3 aliphatic rings. The number of amides is 1. The molecule has 6 nitrogen and oxygen atoms in total. The first-order valence-corrected chi connectivity index (χ1v) is 12.7. The number of hydrogen-bond acceptors (Lipinski definition) is 5. The van der Waals surface area contributed by atoms with Gasteiger partial charge in [-0.05, 0) is 86.1 Å². The number of phenols is 1. The highest BCUT2D eigenvalue weighted by Gasteiger charge is 2.49. The number of halogens is 1. The summed E-state index contributed by atoms with van der Waals surface area (Å²) in [5.41, 5.74) is 1.62. The lowest BCUT2D eigenvalue weighted by atomic mass is 9.55. The van der Waals surface area contributed by atoms with Gasteiger partial charge in [0.1, 0.15) is 11.6 Å². The van der Waals surface area contributed by atoms with Crippen molar-refractivity contribution in [1.29, 1.82) is 0 Å². The number of likely N-dealkylation sites (N-methyl/N-ethyl adjacent to an activating group) is 1.